The van der Waals surface area contributed by atoms with Gasteiger partial charge >= 0.3 is 5.97 Å². The van der Waals surface area contributed by atoms with Crippen LogP contribution in [0.4, 0.5) is 0 Å². The minimum absolute atomic E-state index is 0.182. The van der Waals surface area contributed by atoms with Crippen LogP contribution < -0.4 is 4.74 Å². The van der Waals surface area contributed by atoms with E-state index in [1.54, 1.807) is 31.2 Å². The molecule has 0 spiro atoms. The van der Waals surface area contributed by atoms with Gasteiger partial charge in [-0.1, -0.05) is 12.1 Å². The van der Waals surface area contributed by atoms with Gasteiger partial charge in [0.15, 0.2) is 0 Å². The molecule has 0 aliphatic carbocycles. The number of esters is 1. The third-order valence-electron chi connectivity index (χ3n) is 2.01. The molecule has 0 fully saturated rings. The Morgan fingerprint density at radius 3 is 2.88 bits per heavy atom. The van der Waals surface area contributed by atoms with E-state index in [0.717, 1.165) is 6.29 Å². The van der Waals surface area contributed by atoms with Crippen molar-refractivity contribution >= 4 is 12.3 Å². The number of rotatable bonds is 5. The van der Waals surface area contributed by atoms with Crippen molar-refractivity contribution in [3.8, 4) is 5.75 Å². The highest BCUT2D eigenvalue weighted by Crippen LogP contribution is 2.15. The Morgan fingerprint density at radius 2 is 2.25 bits per heavy atom. The number of aldehydes is 1. The average molecular weight is 222 g/mol. The highest BCUT2D eigenvalue weighted by molar-refractivity contribution is 5.75. The number of methoxy groups -OCH3 is 1. The molecule has 0 bridgehead atoms. The number of hydrogen-bond donors (Lipinski definition) is 0. The van der Waals surface area contributed by atoms with E-state index in [4.69, 9.17) is 4.74 Å². The van der Waals surface area contributed by atoms with Gasteiger partial charge in [-0.25, -0.2) is 0 Å². The van der Waals surface area contributed by atoms with E-state index in [9.17, 15) is 9.59 Å². The number of carbonyl (C=O) groups is 2. The van der Waals surface area contributed by atoms with Crippen molar-refractivity contribution < 1.29 is 19.1 Å². The van der Waals surface area contributed by atoms with E-state index in [2.05, 4.69) is 4.74 Å². The van der Waals surface area contributed by atoms with Gasteiger partial charge in [-0.05, 0) is 19.1 Å². The van der Waals surface area contributed by atoms with Crippen molar-refractivity contribution in [2.24, 2.45) is 0 Å². The zero-order chi connectivity index (χ0) is 12.0. The zero-order valence-electron chi connectivity index (χ0n) is 9.30. The molecular formula is C12H14O4. The minimum Gasteiger partial charge on any atom is -0.490 e. The number of hydrogen-bond acceptors (Lipinski definition) is 4. The fourth-order valence-electron chi connectivity index (χ4n) is 1.25. The van der Waals surface area contributed by atoms with Crippen molar-refractivity contribution in [1.29, 1.82) is 0 Å². The first-order valence-electron chi connectivity index (χ1n) is 4.94. The molecule has 0 aliphatic rings. The predicted octanol–water partition coefficient (Wildman–Crippen LogP) is 1.83. The molecule has 0 heterocycles. The van der Waals surface area contributed by atoms with E-state index in [0.29, 0.717) is 11.3 Å². The molecule has 0 radical (unpaired) electrons. The van der Waals surface area contributed by atoms with Crippen molar-refractivity contribution in [2.45, 2.75) is 19.4 Å². The number of benzene rings is 1. The van der Waals surface area contributed by atoms with Crippen LogP contribution in [0.2, 0.25) is 0 Å². The van der Waals surface area contributed by atoms with E-state index >= 15 is 0 Å². The van der Waals surface area contributed by atoms with Crippen molar-refractivity contribution in [3.63, 3.8) is 0 Å². The summed E-state index contributed by atoms with van der Waals surface area (Å²) >= 11 is 0. The Morgan fingerprint density at radius 1 is 1.50 bits per heavy atom. The summed E-state index contributed by atoms with van der Waals surface area (Å²) in [5.74, 6) is 0.250. The van der Waals surface area contributed by atoms with E-state index in [1.165, 1.54) is 7.11 Å². The van der Waals surface area contributed by atoms with Crippen LogP contribution in [0.1, 0.15) is 23.7 Å². The molecule has 0 aliphatic heterocycles. The molecule has 0 amide bonds. The van der Waals surface area contributed by atoms with E-state index in [-0.39, 0.29) is 18.5 Å². The Bertz CT molecular complexity index is 373. The lowest BCUT2D eigenvalue weighted by atomic mass is 10.2. The molecule has 1 aromatic rings. The maximum atomic E-state index is 11.0. The Kier molecular flexibility index (Phi) is 4.51. The van der Waals surface area contributed by atoms with Gasteiger partial charge in [0.2, 0.25) is 0 Å². The Hall–Kier alpha value is -1.84. The average Bonchev–Trinajstić information content (AvgIpc) is 2.28. The van der Waals surface area contributed by atoms with Gasteiger partial charge in [-0.3, -0.25) is 9.59 Å². The second kappa shape index (κ2) is 5.90. The van der Waals surface area contributed by atoms with Crippen LogP contribution in [-0.2, 0) is 9.53 Å². The second-order valence-corrected chi connectivity index (χ2v) is 3.40. The Labute approximate surface area is 94.2 Å². The molecule has 4 heteroatoms. The predicted molar refractivity (Wildman–Crippen MR) is 58.6 cm³/mol. The van der Waals surface area contributed by atoms with Gasteiger partial charge in [0, 0.05) is 5.56 Å². The molecule has 4 nitrogen and oxygen atoms in total. The normalized spacial score (nSPS) is 11.6. The summed E-state index contributed by atoms with van der Waals surface area (Å²) in [7, 11) is 1.34. The Balaban J connectivity index is 2.58. The quantitative estimate of drug-likeness (QED) is 0.563. The summed E-state index contributed by atoms with van der Waals surface area (Å²) in [5, 5.41) is 0. The van der Waals surface area contributed by atoms with Crippen LogP contribution in [0.3, 0.4) is 0 Å². The zero-order valence-corrected chi connectivity index (χ0v) is 9.30. The summed E-state index contributed by atoms with van der Waals surface area (Å²) < 4.78 is 10.00. The smallest absolute Gasteiger partial charge is 0.309 e. The monoisotopic (exact) mass is 222 g/mol. The fourth-order valence-corrected chi connectivity index (χ4v) is 1.25. The third-order valence-corrected chi connectivity index (χ3v) is 2.01. The molecule has 16 heavy (non-hydrogen) atoms. The molecule has 0 N–H and O–H groups in total. The topological polar surface area (TPSA) is 52.6 Å². The maximum Gasteiger partial charge on any atom is 0.309 e. The first kappa shape index (κ1) is 12.2. The van der Waals surface area contributed by atoms with Gasteiger partial charge < -0.3 is 9.47 Å². The highest BCUT2D eigenvalue weighted by atomic mass is 16.5. The second-order valence-electron chi connectivity index (χ2n) is 3.40. The van der Waals surface area contributed by atoms with Gasteiger partial charge in [0.1, 0.15) is 18.1 Å². The van der Waals surface area contributed by atoms with Gasteiger partial charge in [0.25, 0.3) is 0 Å². The van der Waals surface area contributed by atoms with Crippen LogP contribution >= 0.6 is 0 Å². The van der Waals surface area contributed by atoms with Crippen LogP contribution in [0, 0.1) is 0 Å². The standard InChI is InChI=1S/C12H14O4/c1-9(6-12(14)15-2)16-11-5-3-4-10(7-11)8-13/h3-5,7-9H,6H2,1-2H3. The molecule has 0 saturated heterocycles. The summed E-state index contributed by atoms with van der Waals surface area (Å²) in [4.78, 5) is 21.5. The first-order valence-corrected chi connectivity index (χ1v) is 4.94. The van der Waals surface area contributed by atoms with Crippen molar-refractivity contribution in [3.05, 3.63) is 29.8 Å². The highest BCUT2D eigenvalue weighted by Gasteiger charge is 2.10. The molecule has 0 aromatic heterocycles. The molecule has 1 atom stereocenters. The van der Waals surface area contributed by atoms with E-state index in [1.807, 2.05) is 0 Å². The van der Waals surface area contributed by atoms with E-state index < -0.39 is 0 Å². The SMILES string of the molecule is COC(=O)CC(C)Oc1cccc(C=O)c1. The molecule has 1 unspecified atom stereocenters. The lowest BCUT2D eigenvalue weighted by Gasteiger charge is -2.13. The van der Waals surface area contributed by atoms with Crippen molar-refractivity contribution in [2.75, 3.05) is 7.11 Å². The van der Waals surface area contributed by atoms with Gasteiger partial charge in [0.05, 0.1) is 13.5 Å². The molecule has 0 saturated carbocycles. The van der Waals surface area contributed by atoms with Gasteiger partial charge in [-0.15, -0.1) is 0 Å². The molecular weight excluding hydrogens is 208 g/mol. The van der Waals surface area contributed by atoms with Crippen molar-refractivity contribution in [1.82, 2.24) is 0 Å². The molecule has 1 rings (SSSR count). The molecule has 86 valence electrons. The van der Waals surface area contributed by atoms with Crippen LogP contribution in [0.25, 0.3) is 0 Å². The number of carbonyl (C=O) groups excluding carboxylic acids is 2. The summed E-state index contributed by atoms with van der Waals surface area (Å²) in [6.45, 7) is 1.77. The largest absolute Gasteiger partial charge is 0.490 e. The van der Waals surface area contributed by atoms with Crippen LogP contribution in [0.15, 0.2) is 24.3 Å². The lowest BCUT2D eigenvalue weighted by molar-refractivity contribution is -0.142. The third kappa shape index (κ3) is 3.73. The minimum atomic E-state index is -0.320. The number of ether oxygens (including phenoxy) is 2. The fraction of sp³-hybridized carbons (Fsp3) is 0.333. The maximum absolute atomic E-state index is 11.0. The van der Waals surface area contributed by atoms with Crippen LogP contribution in [0.5, 0.6) is 5.75 Å². The summed E-state index contributed by atoms with van der Waals surface area (Å²) in [6, 6.07) is 6.77. The van der Waals surface area contributed by atoms with Gasteiger partial charge in [-0.2, -0.15) is 0 Å². The summed E-state index contributed by atoms with van der Waals surface area (Å²) in [5.41, 5.74) is 0.544. The lowest BCUT2D eigenvalue weighted by Crippen LogP contribution is -2.17. The molecule has 1 aromatic carbocycles. The summed E-state index contributed by atoms with van der Waals surface area (Å²) in [6.07, 6.45) is 0.647. The first-order chi connectivity index (χ1) is 7.65. The van der Waals surface area contributed by atoms with Crippen LogP contribution in [-0.4, -0.2) is 25.5 Å².